The van der Waals surface area contributed by atoms with Gasteiger partial charge in [0.2, 0.25) is 0 Å². The Kier molecular flexibility index (Phi) is 5.07. The maximum Gasteiger partial charge on any atom is 0.165 e. The number of anilines is 2. The number of aromatic nitrogens is 1. The Bertz CT molecular complexity index is 414. The summed E-state index contributed by atoms with van der Waals surface area (Å²) in [5.41, 5.74) is 6.17. The van der Waals surface area contributed by atoms with Gasteiger partial charge in [-0.25, -0.2) is 4.98 Å². The topological polar surface area (TPSA) is 95.0 Å². The van der Waals surface area contributed by atoms with Crippen molar-refractivity contribution in [2.45, 2.75) is 18.2 Å². The molecule has 0 aliphatic carbocycles. The van der Waals surface area contributed by atoms with Crippen molar-refractivity contribution in [3.63, 3.8) is 0 Å². The van der Waals surface area contributed by atoms with Gasteiger partial charge in [0.15, 0.2) is 5.69 Å². The molecule has 17 heavy (non-hydrogen) atoms. The van der Waals surface area contributed by atoms with E-state index in [2.05, 4.69) is 10.3 Å². The molecule has 2 atom stereocenters. The molecule has 0 aromatic carbocycles. The number of pyridine rings is 1. The lowest BCUT2D eigenvalue weighted by Crippen LogP contribution is -2.31. The summed E-state index contributed by atoms with van der Waals surface area (Å²) in [7, 11) is 0. The van der Waals surface area contributed by atoms with E-state index in [-0.39, 0.29) is 23.6 Å². The first-order chi connectivity index (χ1) is 8.12. The first-order valence-corrected chi connectivity index (χ1v) is 6.48. The van der Waals surface area contributed by atoms with Gasteiger partial charge in [0.05, 0.1) is 12.3 Å². The standard InChI is InChI=1S/C11H16N4OS/c1-7(10(6-16)17-2)14-11-4-3-8(13)9(5-12)15-11/h3-4,7,10,16H,6,13H2,1-2H3,(H,14,15). The number of hydrogen-bond acceptors (Lipinski definition) is 6. The molecule has 1 heterocycles. The minimum absolute atomic E-state index is 0.0534. The van der Waals surface area contributed by atoms with Crippen LogP contribution in [0.3, 0.4) is 0 Å². The lowest BCUT2D eigenvalue weighted by molar-refractivity contribution is 0.288. The summed E-state index contributed by atoms with van der Waals surface area (Å²) in [5.74, 6) is 0.593. The van der Waals surface area contributed by atoms with Crippen molar-refractivity contribution in [2.75, 3.05) is 23.9 Å². The Balaban J connectivity index is 2.78. The molecule has 1 aromatic rings. The molecular weight excluding hydrogens is 236 g/mol. The zero-order valence-corrected chi connectivity index (χ0v) is 10.7. The van der Waals surface area contributed by atoms with E-state index in [1.165, 1.54) is 0 Å². The van der Waals surface area contributed by atoms with Crippen molar-refractivity contribution in [1.29, 1.82) is 5.26 Å². The Morgan fingerprint density at radius 2 is 2.35 bits per heavy atom. The third-order valence-electron chi connectivity index (χ3n) is 2.45. The van der Waals surface area contributed by atoms with E-state index in [9.17, 15) is 0 Å². The van der Waals surface area contributed by atoms with Gasteiger partial charge in [-0.05, 0) is 25.3 Å². The van der Waals surface area contributed by atoms with E-state index in [0.29, 0.717) is 11.5 Å². The maximum absolute atomic E-state index is 9.17. The summed E-state index contributed by atoms with van der Waals surface area (Å²) in [5, 5.41) is 21.2. The number of nitrogens with two attached hydrogens (primary N) is 1. The molecule has 0 saturated heterocycles. The van der Waals surface area contributed by atoms with Crippen LogP contribution in [0.2, 0.25) is 0 Å². The molecule has 0 bridgehead atoms. The number of hydrogen-bond donors (Lipinski definition) is 3. The minimum Gasteiger partial charge on any atom is -0.396 e. The van der Waals surface area contributed by atoms with Crippen LogP contribution in [-0.2, 0) is 0 Å². The molecule has 6 heteroatoms. The van der Waals surface area contributed by atoms with Gasteiger partial charge in [0, 0.05) is 11.3 Å². The molecule has 4 N–H and O–H groups in total. The van der Waals surface area contributed by atoms with Crippen molar-refractivity contribution in [2.24, 2.45) is 0 Å². The average Bonchev–Trinajstić information content (AvgIpc) is 2.33. The van der Waals surface area contributed by atoms with Crippen LogP contribution in [0.1, 0.15) is 12.6 Å². The highest BCUT2D eigenvalue weighted by atomic mass is 32.2. The van der Waals surface area contributed by atoms with Crippen molar-refractivity contribution in [3.05, 3.63) is 17.8 Å². The molecule has 0 radical (unpaired) electrons. The molecule has 2 unspecified atom stereocenters. The molecular formula is C11H16N4OS. The zero-order valence-electron chi connectivity index (χ0n) is 9.84. The van der Waals surface area contributed by atoms with Gasteiger partial charge in [-0.3, -0.25) is 0 Å². The number of nitrogen functional groups attached to an aromatic ring is 1. The van der Waals surface area contributed by atoms with Crippen LogP contribution in [-0.4, -0.2) is 34.2 Å². The molecule has 0 spiro atoms. The van der Waals surface area contributed by atoms with Crippen LogP contribution < -0.4 is 11.1 Å². The van der Waals surface area contributed by atoms with E-state index in [0.717, 1.165) is 0 Å². The highest BCUT2D eigenvalue weighted by Gasteiger charge is 2.15. The summed E-state index contributed by atoms with van der Waals surface area (Å²) in [6, 6.07) is 5.36. The molecule has 5 nitrogen and oxygen atoms in total. The van der Waals surface area contributed by atoms with E-state index < -0.39 is 0 Å². The molecule has 92 valence electrons. The zero-order chi connectivity index (χ0) is 12.8. The van der Waals surface area contributed by atoms with Crippen LogP contribution in [0.4, 0.5) is 11.5 Å². The predicted molar refractivity (Wildman–Crippen MR) is 70.8 cm³/mol. The van der Waals surface area contributed by atoms with E-state index in [1.54, 1.807) is 23.9 Å². The fourth-order valence-electron chi connectivity index (χ4n) is 1.40. The molecule has 0 saturated carbocycles. The second kappa shape index (κ2) is 6.33. The van der Waals surface area contributed by atoms with Gasteiger partial charge < -0.3 is 16.2 Å². The van der Waals surface area contributed by atoms with Gasteiger partial charge in [0.25, 0.3) is 0 Å². The molecule has 0 amide bonds. The summed E-state index contributed by atoms with van der Waals surface area (Å²) in [6.45, 7) is 2.05. The number of aliphatic hydroxyl groups is 1. The maximum atomic E-state index is 9.17. The third kappa shape index (κ3) is 3.51. The van der Waals surface area contributed by atoms with Gasteiger partial charge in [-0.15, -0.1) is 0 Å². The van der Waals surface area contributed by atoms with Crippen LogP contribution >= 0.6 is 11.8 Å². The Morgan fingerprint density at radius 1 is 1.65 bits per heavy atom. The second-order valence-corrected chi connectivity index (χ2v) is 4.71. The SMILES string of the molecule is CSC(CO)C(C)Nc1ccc(N)c(C#N)n1. The first-order valence-electron chi connectivity index (χ1n) is 5.19. The highest BCUT2D eigenvalue weighted by molar-refractivity contribution is 7.99. The van der Waals surface area contributed by atoms with Crippen LogP contribution in [0.15, 0.2) is 12.1 Å². The molecule has 0 aliphatic rings. The summed E-state index contributed by atoms with van der Waals surface area (Å²) >= 11 is 1.58. The number of nitriles is 1. The average molecular weight is 252 g/mol. The van der Waals surface area contributed by atoms with Crippen molar-refractivity contribution in [1.82, 2.24) is 4.98 Å². The number of thioether (sulfide) groups is 1. The van der Waals surface area contributed by atoms with E-state index >= 15 is 0 Å². The van der Waals surface area contributed by atoms with Crippen molar-refractivity contribution in [3.8, 4) is 6.07 Å². The fourth-order valence-corrected chi connectivity index (χ4v) is 2.03. The predicted octanol–water partition coefficient (Wildman–Crippen LogP) is 1.06. The fraction of sp³-hybridized carbons (Fsp3) is 0.455. The monoisotopic (exact) mass is 252 g/mol. The third-order valence-corrected chi connectivity index (χ3v) is 3.61. The van der Waals surface area contributed by atoms with E-state index in [4.69, 9.17) is 16.1 Å². The Morgan fingerprint density at radius 3 is 2.88 bits per heavy atom. The van der Waals surface area contributed by atoms with Gasteiger partial charge in [0.1, 0.15) is 11.9 Å². The van der Waals surface area contributed by atoms with Gasteiger partial charge in [-0.1, -0.05) is 0 Å². The smallest absolute Gasteiger partial charge is 0.165 e. The number of nitrogens with zero attached hydrogens (tertiary/aromatic N) is 2. The lowest BCUT2D eigenvalue weighted by Gasteiger charge is -2.21. The quantitative estimate of drug-likeness (QED) is 0.725. The summed E-state index contributed by atoms with van der Waals surface area (Å²) < 4.78 is 0. The number of aliphatic hydroxyl groups excluding tert-OH is 1. The van der Waals surface area contributed by atoms with Gasteiger partial charge >= 0.3 is 0 Å². The molecule has 1 aromatic heterocycles. The van der Waals surface area contributed by atoms with Gasteiger partial charge in [-0.2, -0.15) is 17.0 Å². The number of nitrogens with one attached hydrogen (secondary N) is 1. The van der Waals surface area contributed by atoms with E-state index in [1.807, 2.05) is 19.2 Å². The largest absolute Gasteiger partial charge is 0.396 e. The summed E-state index contributed by atoms with van der Waals surface area (Å²) in [4.78, 5) is 4.09. The van der Waals surface area contributed by atoms with Crippen LogP contribution in [0, 0.1) is 11.3 Å². The highest BCUT2D eigenvalue weighted by Crippen LogP contribution is 2.17. The second-order valence-electron chi connectivity index (χ2n) is 3.64. The molecule has 0 fully saturated rings. The van der Waals surface area contributed by atoms with Crippen LogP contribution in [0.25, 0.3) is 0 Å². The first kappa shape index (κ1) is 13.6. The Hall–Kier alpha value is -1.45. The normalized spacial score (nSPS) is 13.8. The van der Waals surface area contributed by atoms with Crippen molar-refractivity contribution >= 4 is 23.3 Å². The molecule has 1 rings (SSSR count). The van der Waals surface area contributed by atoms with Crippen LogP contribution in [0.5, 0.6) is 0 Å². The number of rotatable bonds is 5. The molecule has 0 aliphatic heterocycles. The Labute approximate surface area is 105 Å². The lowest BCUT2D eigenvalue weighted by atomic mass is 10.2. The minimum atomic E-state index is 0.0534. The summed E-state index contributed by atoms with van der Waals surface area (Å²) in [6.07, 6.45) is 1.94. The van der Waals surface area contributed by atoms with Crippen molar-refractivity contribution < 1.29 is 5.11 Å².